The monoisotopic (exact) mass is 354 g/mol. The minimum atomic E-state index is 0.325. The largest absolute Gasteiger partial charge is 0.496 e. The fourth-order valence-corrected chi connectivity index (χ4v) is 2.24. The van der Waals surface area contributed by atoms with Crippen molar-refractivity contribution in [3.8, 4) is 28.7 Å². The van der Waals surface area contributed by atoms with Gasteiger partial charge in [-0.2, -0.15) is 10.1 Å². The standard InChI is InChI=1S/C12H8BrClN4O2/c1-19-9-3-2-6(14)4-7(9)11-16-12(20-18-11)10-8(13)5-15-17-10/h2-5H,1H3,(H,15,17). The maximum atomic E-state index is 5.99. The van der Waals surface area contributed by atoms with E-state index in [0.717, 1.165) is 4.47 Å². The van der Waals surface area contributed by atoms with Crippen molar-refractivity contribution in [2.45, 2.75) is 0 Å². The Labute approximate surface area is 127 Å². The van der Waals surface area contributed by atoms with Gasteiger partial charge in [0.15, 0.2) is 0 Å². The molecule has 2 aromatic heterocycles. The SMILES string of the molecule is COc1ccc(Cl)cc1-c1noc(-c2[nH]ncc2Br)n1. The summed E-state index contributed by atoms with van der Waals surface area (Å²) in [7, 11) is 1.57. The fraction of sp³-hybridized carbons (Fsp3) is 0.0833. The number of halogens is 2. The van der Waals surface area contributed by atoms with Gasteiger partial charge in [0, 0.05) is 5.02 Å². The average molecular weight is 356 g/mol. The van der Waals surface area contributed by atoms with Gasteiger partial charge in [-0.15, -0.1) is 0 Å². The third-order valence-electron chi connectivity index (χ3n) is 2.64. The summed E-state index contributed by atoms with van der Waals surface area (Å²) < 4.78 is 11.2. The van der Waals surface area contributed by atoms with Crippen molar-refractivity contribution >= 4 is 27.5 Å². The van der Waals surface area contributed by atoms with Crippen LogP contribution < -0.4 is 4.74 Å². The zero-order chi connectivity index (χ0) is 14.1. The molecule has 3 aromatic rings. The van der Waals surface area contributed by atoms with Crippen LogP contribution in [0.5, 0.6) is 5.75 Å². The van der Waals surface area contributed by atoms with E-state index in [4.69, 9.17) is 20.9 Å². The third kappa shape index (κ3) is 2.30. The Balaban J connectivity index is 2.07. The lowest BCUT2D eigenvalue weighted by Gasteiger charge is -2.04. The molecule has 0 aliphatic heterocycles. The molecule has 1 N–H and O–H groups in total. The van der Waals surface area contributed by atoms with E-state index in [-0.39, 0.29) is 0 Å². The molecule has 0 spiro atoms. The van der Waals surface area contributed by atoms with E-state index in [0.29, 0.717) is 33.7 Å². The number of rotatable bonds is 3. The number of hydrogen-bond donors (Lipinski definition) is 1. The van der Waals surface area contributed by atoms with Crippen molar-refractivity contribution < 1.29 is 9.26 Å². The van der Waals surface area contributed by atoms with Crippen LogP contribution in [-0.4, -0.2) is 27.4 Å². The average Bonchev–Trinajstić information content (AvgIpc) is 3.07. The zero-order valence-electron chi connectivity index (χ0n) is 10.2. The lowest BCUT2D eigenvalue weighted by molar-refractivity contribution is 0.413. The van der Waals surface area contributed by atoms with Gasteiger partial charge in [-0.25, -0.2) is 0 Å². The van der Waals surface area contributed by atoms with Crippen LogP contribution in [0.15, 0.2) is 33.4 Å². The molecular weight excluding hydrogens is 348 g/mol. The highest BCUT2D eigenvalue weighted by Gasteiger charge is 2.17. The molecule has 0 amide bonds. The predicted octanol–water partition coefficient (Wildman–Crippen LogP) is 3.55. The van der Waals surface area contributed by atoms with Crippen molar-refractivity contribution in [3.63, 3.8) is 0 Å². The Kier molecular flexibility index (Phi) is 3.45. The van der Waals surface area contributed by atoms with Gasteiger partial charge in [-0.3, -0.25) is 5.10 Å². The molecule has 6 nitrogen and oxygen atoms in total. The molecule has 0 aliphatic rings. The Morgan fingerprint density at radius 2 is 2.25 bits per heavy atom. The van der Waals surface area contributed by atoms with E-state index in [2.05, 4.69) is 36.3 Å². The van der Waals surface area contributed by atoms with Gasteiger partial charge in [0.2, 0.25) is 5.82 Å². The number of nitrogens with one attached hydrogen (secondary N) is 1. The summed E-state index contributed by atoms with van der Waals surface area (Å²) in [6.07, 6.45) is 1.61. The van der Waals surface area contributed by atoms with Crippen LogP contribution in [0.4, 0.5) is 0 Å². The molecule has 0 atom stereocenters. The maximum Gasteiger partial charge on any atom is 0.277 e. The second-order valence-electron chi connectivity index (χ2n) is 3.86. The van der Waals surface area contributed by atoms with Crippen LogP contribution in [0.1, 0.15) is 0 Å². The molecule has 2 heterocycles. The molecule has 0 fully saturated rings. The van der Waals surface area contributed by atoms with Crippen LogP contribution in [-0.2, 0) is 0 Å². The summed E-state index contributed by atoms with van der Waals surface area (Å²) in [6, 6.07) is 5.20. The first-order valence-electron chi connectivity index (χ1n) is 5.56. The quantitative estimate of drug-likeness (QED) is 0.777. The highest BCUT2D eigenvalue weighted by atomic mass is 79.9. The van der Waals surface area contributed by atoms with Crippen molar-refractivity contribution in [3.05, 3.63) is 33.9 Å². The van der Waals surface area contributed by atoms with E-state index in [1.54, 1.807) is 31.5 Å². The number of hydrogen-bond acceptors (Lipinski definition) is 5. The highest BCUT2D eigenvalue weighted by Crippen LogP contribution is 2.32. The first-order valence-corrected chi connectivity index (χ1v) is 6.73. The smallest absolute Gasteiger partial charge is 0.277 e. The van der Waals surface area contributed by atoms with E-state index in [1.807, 2.05) is 0 Å². The van der Waals surface area contributed by atoms with Gasteiger partial charge in [-0.1, -0.05) is 16.8 Å². The lowest BCUT2D eigenvalue weighted by Crippen LogP contribution is -1.89. The summed E-state index contributed by atoms with van der Waals surface area (Å²) in [4.78, 5) is 4.32. The molecule has 0 aliphatic carbocycles. The molecule has 102 valence electrons. The van der Waals surface area contributed by atoms with Crippen LogP contribution in [0.3, 0.4) is 0 Å². The minimum absolute atomic E-state index is 0.325. The van der Waals surface area contributed by atoms with Crippen molar-refractivity contribution in [1.29, 1.82) is 0 Å². The molecule has 1 aromatic carbocycles. The lowest BCUT2D eigenvalue weighted by atomic mass is 10.2. The molecule has 0 radical (unpaired) electrons. The topological polar surface area (TPSA) is 76.8 Å². The Morgan fingerprint density at radius 1 is 1.40 bits per heavy atom. The van der Waals surface area contributed by atoms with E-state index < -0.39 is 0 Å². The number of benzene rings is 1. The van der Waals surface area contributed by atoms with Crippen molar-refractivity contribution in [1.82, 2.24) is 20.3 Å². The van der Waals surface area contributed by atoms with E-state index >= 15 is 0 Å². The normalized spacial score (nSPS) is 10.8. The van der Waals surface area contributed by atoms with Gasteiger partial charge in [0.05, 0.1) is 23.3 Å². The van der Waals surface area contributed by atoms with E-state index in [1.165, 1.54) is 0 Å². The molecule has 20 heavy (non-hydrogen) atoms. The van der Waals surface area contributed by atoms with Crippen LogP contribution in [0.2, 0.25) is 5.02 Å². The van der Waals surface area contributed by atoms with Gasteiger partial charge in [-0.05, 0) is 34.1 Å². The third-order valence-corrected chi connectivity index (χ3v) is 3.47. The van der Waals surface area contributed by atoms with Crippen LogP contribution in [0.25, 0.3) is 23.0 Å². The second kappa shape index (κ2) is 5.26. The summed E-state index contributed by atoms with van der Waals surface area (Å²) in [5.74, 6) is 1.33. The number of ether oxygens (including phenoxy) is 1. The second-order valence-corrected chi connectivity index (χ2v) is 5.15. The first kappa shape index (κ1) is 13.1. The van der Waals surface area contributed by atoms with Crippen molar-refractivity contribution in [2.24, 2.45) is 0 Å². The predicted molar refractivity (Wildman–Crippen MR) is 76.6 cm³/mol. The molecule has 8 heteroatoms. The molecule has 3 rings (SSSR count). The van der Waals surface area contributed by atoms with Gasteiger partial charge in [0.1, 0.15) is 11.4 Å². The number of methoxy groups -OCH3 is 1. The number of aromatic amines is 1. The number of H-pyrrole nitrogens is 1. The summed E-state index contributed by atoms with van der Waals surface area (Å²) in [5, 5.41) is 11.2. The molecule has 0 bridgehead atoms. The zero-order valence-corrected chi connectivity index (χ0v) is 12.6. The minimum Gasteiger partial charge on any atom is -0.496 e. The summed E-state index contributed by atoms with van der Waals surface area (Å²) in [6.45, 7) is 0. The van der Waals surface area contributed by atoms with Gasteiger partial charge in [0.25, 0.3) is 5.89 Å². The Bertz CT molecular complexity index is 756. The molecule has 0 unspecified atom stereocenters. The summed E-state index contributed by atoms with van der Waals surface area (Å²) >= 11 is 9.33. The van der Waals surface area contributed by atoms with Gasteiger partial charge >= 0.3 is 0 Å². The molecule has 0 saturated heterocycles. The Hall–Kier alpha value is -1.86. The number of aromatic nitrogens is 4. The van der Waals surface area contributed by atoms with Crippen molar-refractivity contribution in [2.75, 3.05) is 7.11 Å². The first-order chi connectivity index (χ1) is 9.69. The maximum absolute atomic E-state index is 5.99. The van der Waals surface area contributed by atoms with E-state index in [9.17, 15) is 0 Å². The Morgan fingerprint density at radius 3 is 2.95 bits per heavy atom. The fourth-order valence-electron chi connectivity index (χ4n) is 1.71. The molecular formula is C12H8BrClN4O2. The highest BCUT2D eigenvalue weighted by molar-refractivity contribution is 9.10. The summed E-state index contributed by atoms with van der Waals surface area (Å²) in [5.41, 5.74) is 1.27. The number of nitrogens with zero attached hydrogens (tertiary/aromatic N) is 3. The molecule has 0 saturated carbocycles. The van der Waals surface area contributed by atoms with Crippen LogP contribution >= 0.6 is 27.5 Å². The van der Waals surface area contributed by atoms with Crippen LogP contribution in [0, 0.1) is 0 Å². The van der Waals surface area contributed by atoms with Gasteiger partial charge < -0.3 is 9.26 Å².